The lowest BCUT2D eigenvalue weighted by atomic mass is 10.0. The molecule has 2 heterocycles. The third-order valence-corrected chi connectivity index (χ3v) is 5.55. The van der Waals surface area contributed by atoms with E-state index in [9.17, 15) is 9.18 Å². The summed E-state index contributed by atoms with van der Waals surface area (Å²) in [6.07, 6.45) is 7.55. The van der Waals surface area contributed by atoms with Crippen molar-refractivity contribution in [1.29, 1.82) is 0 Å². The molecular weight excluding hydrogens is 381 g/mol. The highest BCUT2D eigenvalue weighted by molar-refractivity contribution is 5.81. The fourth-order valence-electron chi connectivity index (χ4n) is 4.06. The van der Waals surface area contributed by atoms with Gasteiger partial charge in [-0.15, -0.1) is 11.5 Å². The van der Waals surface area contributed by atoms with Crippen LogP contribution in [-0.2, 0) is 11.2 Å². The standard InChI is InChI=1S/C23H22FN5O/c1-3-17-9-11-19(12-10-17)21-8-5-13-28(21)23(30)22(29-16(2)25-26-27-29)15-18-6-4-7-20(24)14-18/h1,4,6-7,9-12,14,21-22H,5,8,13,15H2,2H3. The van der Waals surface area contributed by atoms with E-state index in [4.69, 9.17) is 6.42 Å². The van der Waals surface area contributed by atoms with Gasteiger partial charge in [-0.3, -0.25) is 4.79 Å². The van der Waals surface area contributed by atoms with Gasteiger partial charge in [-0.1, -0.05) is 30.2 Å². The van der Waals surface area contributed by atoms with Gasteiger partial charge in [0.2, 0.25) is 5.91 Å². The molecule has 1 aliphatic heterocycles. The van der Waals surface area contributed by atoms with E-state index in [1.165, 1.54) is 16.8 Å². The van der Waals surface area contributed by atoms with Crippen molar-refractivity contribution in [2.45, 2.75) is 38.3 Å². The summed E-state index contributed by atoms with van der Waals surface area (Å²) in [6.45, 7) is 2.41. The summed E-state index contributed by atoms with van der Waals surface area (Å²) in [5.74, 6) is 2.75. The second-order valence-electron chi connectivity index (χ2n) is 7.48. The molecule has 2 unspecified atom stereocenters. The van der Waals surface area contributed by atoms with Crippen molar-refractivity contribution in [1.82, 2.24) is 25.1 Å². The molecule has 1 aromatic heterocycles. The predicted molar refractivity (Wildman–Crippen MR) is 110 cm³/mol. The second kappa shape index (κ2) is 8.46. The van der Waals surface area contributed by atoms with Crippen LogP contribution in [0.1, 0.15) is 47.4 Å². The molecule has 0 bridgehead atoms. The molecule has 152 valence electrons. The number of aryl methyl sites for hydroxylation is 1. The van der Waals surface area contributed by atoms with Crippen molar-refractivity contribution in [3.8, 4) is 12.3 Å². The van der Waals surface area contributed by atoms with Crippen LogP contribution in [0.5, 0.6) is 0 Å². The number of hydrogen-bond donors (Lipinski definition) is 0. The van der Waals surface area contributed by atoms with Crippen LogP contribution < -0.4 is 0 Å². The Balaban J connectivity index is 1.64. The normalized spacial score (nSPS) is 17.0. The maximum Gasteiger partial charge on any atom is 0.248 e. The Morgan fingerprint density at radius 3 is 2.77 bits per heavy atom. The number of hydrogen-bond acceptors (Lipinski definition) is 4. The first-order valence-corrected chi connectivity index (χ1v) is 9.93. The molecule has 0 N–H and O–H groups in total. The molecule has 1 aliphatic rings. The van der Waals surface area contributed by atoms with Crippen LogP contribution in [0.3, 0.4) is 0 Å². The van der Waals surface area contributed by atoms with Gasteiger partial charge in [-0.25, -0.2) is 9.07 Å². The molecule has 2 aromatic carbocycles. The summed E-state index contributed by atoms with van der Waals surface area (Å²) in [4.78, 5) is 15.6. The van der Waals surface area contributed by atoms with Crippen LogP contribution in [0.15, 0.2) is 48.5 Å². The van der Waals surface area contributed by atoms with Gasteiger partial charge in [0.05, 0.1) is 6.04 Å². The summed E-state index contributed by atoms with van der Waals surface area (Å²) in [5.41, 5.74) is 2.58. The van der Waals surface area contributed by atoms with E-state index in [0.717, 1.165) is 29.5 Å². The van der Waals surface area contributed by atoms with Crippen LogP contribution in [0, 0.1) is 25.1 Å². The number of rotatable bonds is 5. The molecule has 2 atom stereocenters. The van der Waals surface area contributed by atoms with Gasteiger partial charge < -0.3 is 4.90 Å². The number of amides is 1. The SMILES string of the molecule is C#Cc1ccc(C2CCCN2C(=O)C(Cc2cccc(F)c2)n2nnnc2C)cc1. The average Bonchev–Trinajstić information content (AvgIpc) is 3.41. The van der Waals surface area contributed by atoms with Gasteiger partial charge in [0, 0.05) is 18.5 Å². The Kier molecular flexibility index (Phi) is 5.57. The highest BCUT2D eigenvalue weighted by atomic mass is 19.1. The molecule has 1 amide bonds. The van der Waals surface area contributed by atoms with E-state index in [1.807, 2.05) is 35.2 Å². The quantitative estimate of drug-likeness (QED) is 0.614. The zero-order chi connectivity index (χ0) is 21.1. The molecule has 3 aromatic rings. The minimum Gasteiger partial charge on any atom is -0.334 e. The van der Waals surface area contributed by atoms with Crippen molar-refractivity contribution >= 4 is 5.91 Å². The first-order chi connectivity index (χ1) is 14.6. The summed E-state index contributed by atoms with van der Waals surface area (Å²) in [5, 5.41) is 11.7. The number of carbonyl (C=O) groups excluding carboxylic acids is 1. The van der Waals surface area contributed by atoms with E-state index in [1.54, 1.807) is 13.0 Å². The molecule has 7 heteroatoms. The van der Waals surface area contributed by atoms with Gasteiger partial charge in [-0.05, 0) is 65.6 Å². The Labute approximate surface area is 174 Å². The molecule has 6 nitrogen and oxygen atoms in total. The van der Waals surface area contributed by atoms with Crippen LogP contribution in [0.25, 0.3) is 0 Å². The third kappa shape index (κ3) is 3.94. The van der Waals surface area contributed by atoms with Crippen LogP contribution in [0.4, 0.5) is 4.39 Å². The van der Waals surface area contributed by atoms with Gasteiger partial charge in [0.15, 0.2) is 0 Å². The zero-order valence-corrected chi connectivity index (χ0v) is 16.7. The number of tetrazole rings is 1. The topological polar surface area (TPSA) is 63.9 Å². The van der Waals surface area contributed by atoms with Gasteiger partial charge in [-0.2, -0.15) is 0 Å². The maximum absolute atomic E-state index is 13.7. The largest absolute Gasteiger partial charge is 0.334 e. The first-order valence-electron chi connectivity index (χ1n) is 9.93. The number of carbonyl (C=O) groups is 1. The van der Waals surface area contributed by atoms with Crippen LogP contribution in [-0.4, -0.2) is 37.6 Å². The summed E-state index contributed by atoms with van der Waals surface area (Å²) in [7, 11) is 0. The van der Waals surface area contributed by atoms with E-state index in [-0.39, 0.29) is 17.8 Å². The second-order valence-corrected chi connectivity index (χ2v) is 7.48. The minimum absolute atomic E-state index is 0.0314. The number of terminal acetylenes is 1. The molecule has 4 rings (SSSR count). The van der Waals surface area contributed by atoms with Crippen molar-refractivity contribution in [3.63, 3.8) is 0 Å². The minimum atomic E-state index is -0.646. The number of likely N-dealkylation sites (tertiary alicyclic amines) is 1. The average molecular weight is 403 g/mol. The highest BCUT2D eigenvalue weighted by Crippen LogP contribution is 2.34. The first kappa shape index (κ1) is 19.8. The third-order valence-electron chi connectivity index (χ3n) is 5.55. The zero-order valence-electron chi connectivity index (χ0n) is 16.7. The molecular formula is C23H22FN5O. The fraction of sp³-hybridized carbons (Fsp3) is 0.304. The van der Waals surface area contributed by atoms with Crippen molar-refractivity contribution in [3.05, 3.63) is 76.9 Å². The van der Waals surface area contributed by atoms with Gasteiger partial charge in [0.1, 0.15) is 17.7 Å². The van der Waals surface area contributed by atoms with Gasteiger partial charge in [0.25, 0.3) is 0 Å². The summed E-state index contributed by atoms with van der Waals surface area (Å²) in [6, 6.07) is 13.4. The monoisotopic (exact) mass is 403 g/mol. The number of nitrogens with zero attached hydrogens (tertiary/aromatic N) is 5. The van der Waals surface area contributed by atoms with E-state index >= 15 is 0 Å². The molecule has 1 fully saturated rings. The Morgan fingerprint density at radius 2 is 2.10 bits per heavy atom. The molecule has 0 saturated carbocycles. The summed E-state index contributed by atoms with van der Waals surface area (Å²) < 4.78 is 15.3. The number of benzene rings is 2. The fourth-order valence-corrected chi connectivity index (χ4v) is 4.06. The number of aromatic nitrogens is 4. The number of halogens is 1. The highest BCUT2D eigenvalue weighted by Gasteiger charge is 2.36. The van der Waals surface area contributed by atoms with Crippen LogP contribution >= 0.6 is 0 Å². The maximum atomic E-state index is 13.7. The van der Waals surface area contributed by atoms with Crippen molar-refractivity contribution < 1.29 is 9.18 Å². The Bertz CT molecular complexity index is 1090. The molecule has 0 radical (unpaired) electrons. The lowest BCUT2D eigenvalue weighted by molar-refractivity contribution is -0.136. The lowest BCUT2D eigenvalue weighted by Crippen LogP contribution is -2.38. The van der Waals surface area contributed by atoms with E-state index in [0.29, 0.717) is 18.8 Å². The lowest BCUT2D eigenvalue weighted by Gasteiger charge is -2.29. The summed E-state index contributed by atoms with van der Waals surface area (Å²) >= 11 is 0. The van der Waals surface area contributed by atoms with Gasteiger partial charge >= 0.3 is 0 Å². The molecule has 0 spiro atoms. The molecule has 30 heavy (non-hydrogen) atoms. The molecule has 0 aliphatic carbocycles. The van der Waals surface area contributed by atoms with E-state index < -0.39 is 6.04 Å². The van der Waals surface area contributed by atoms with Crippen LogP contribution in [0.2, 0.25) is 0 Å². The van der Waals surface area contributed by atoms with Crippen molar-refractivity contribution in [2.24, 2.45) is 0 Å². The van der Waals surface area contributed by atoms with Crippen molar-refractivity contribution in [2.75, 3.05) is 6.54 Å². The van der Waals surface area contributed by atoms with E-state index in [2.05, 4.69) is 21.4 Å². The smallest absolute Gasteiger partial charge is 0.248 e. The Morgan fingerprint density at radius 1 is 1.30 bits per heavy atom. The predicted octanol–water partition coefficient (Wildman–Crippen LogP) is 3.25. The molecule has 1 saturated heterocycles. The Hall–Kier alpha value is -3.53.